The first-order valence-electron chi connectivity index (χ1n) is 6.75. The lowest BCUT2D eigenvalue weighted by molar-refractivity contribution is 0.181. The summed E-state index contributed by atoms with van der Waals surface area (Å²) in [7, 11) is 3.15. The van der Waals surface area contributed by atoms with Gasteiger partial charge in [-0.1, -0.05) is 19.3 Å². The van der Waals surface area contributed by atoms with Crippen molar-refractivity contribution in [3.63, 3.8) is 0 Å². The van der Waals surface area contributed by atoms with Crippen molar-refractivity contribution in [1.29, 1.82) is 0 Å². The van der Waals surface area contributed by atoms with Crippen LogP contribution in [0.2, 0.25) is 0 Å². The molecule has 1 aliphatic carbocycles. The van der Waals surface area contributed by atoms with Crippen LogP contribution < -0.4 is 10.5 Å². The predicted octanol–water partition coefficient (Wildman–Crippen LogP) is 3.10. The molecule has 1 aromatic carbocycles. The number of methoxy groups -OCH3 is 2. The summed E-state index contributed by atoms with van der Waals surface area (Å²) in [5, 5.41) is 0. The summed E-state index contributed by atoms with van der Waals surface area (Å²) in [5.41, 5.74) is 7.31. The first-order valence-corrected chi connectivity index (χ1v) is 6.75. The van der Waals surface area contributed by atoms with Gasteiger partial charge >= 0.3 is 0 Å². The average Bonchev–Trinajstić information content (AvgIpc) is 2.41. The van der Waals surface area contributed by atoms with Gasteiger partial charge in [0.2, 0.25) is 0 Å². The monoisotopic (exact) mass is 267 g/mol. The van der Waals surface area contributed by atoms with E-state index in [4.69, 9.17) is 15.2 Å². The third kappa shape index (κ3) is 2.90. The molecule has 0 bridgehead atoms. The fraction of sp³-hybridized carbons (Fsp3) is 0.600. The molecule has 1 saturated carbocycles. The first-order chi connectivity index (χ1) is 9.10. The standard InChI is InChI=1S/C15H22FNO2/c1-18-10-11-8-12(13(16)9-14(11)19-2)15(17)6-4-3-5-7-15/h8-9H,3-7,10,17H2,1-2H3. The summed E-state index contributed by atoms with van der Waals surface area (Å²) in [6, 6.07) is 3.23. The molecule has 0 spiro atoms. The van der Waals surface area contributed by atoms with Crippen molar-refractivity contribution in [3.8, 4) is 5.75 Å². The Hall–Kier alpha value is -1.13. The van der Waals surface area contributed by atoms with E-state index in [2.05, 4.69) is 0 Å². The summed E-state index contributed by atoms with van der Waals surface area (Å²) in [6.45, 7) is 0.395. The molecule has 1 aromatic rings. The summed E-state index contributed by atoms with van der Waals surface area (Å²) in [4.78, 5) is 0. The zero-order valence-electron chi connectivity index (χ0n) is 11.7. The zero-order chi connectivity index (χ0) is 13.9. The lowest BCUT2D eigenvalue weighted by atomic mass is 9.77. The first kappa shape index (κ1) is 14.3. The van der Waals surface area contributed by atoms with Crippen LogP contribution in [0.5, 0.6) is 5.75 Å². The maximum atomic E-state index is 14.3. The van der Waals surface area contributed by atoms with Crippen LogP contribution in [0, 0.1) is 5.82 Å². The van der Waals surface area contributed by atoms with Gasteiger partial charge in [-0.05, 0) is 18.9 Å². The van der Waals surface area contributed by atoms with Crippen LogP contribution in [0.1, 0.15) is 43.2 Å². The minimum Gasteiger partial charge on any atom is -0.496 e. The molecule has 1 fully saturated rings. The van der Waals surface area contributed by atoms with Crippen molar-refractivity contribution in [1.82, 2.24) is 0 Å². The van der Waals surface area contributed by atoms with Gasteiger partial charge in [0.05, 0.1) is 13.7 Å². The van der Waals surface area contributed by atoms with Crippen LogP contribution in [0.25, 0.3) is 0 Å². The Morgan fingerprint density at radius 1 is 1.21 bits per heavy atom. The molecule has 0 unspecified atom stereocenters. The van der Waals surface area contributed by atoms with Gasteiger partial charge in [-0.25, -0.2) is 4.39 Å². The normalized spacial score (nSPS) is 18.3. The fourth-order valence-corrected chi connectivity index (χ4v) is 2.89. The molecule has 3 nitrogen and oxygen atoms in total. The van der Waals surface area contributed by atoms with Gasteiger partial charge in [-0.15, -0.1) is 0 Å². The molecule has 0 aromatic heterocycles. The van der Waals surface area contributed by atoms with Gasteiger partial charge in [0.15, 0.2) is 0 Å². The minimum absolute atomic E-state index is 0.277. The number of halogens is 1. The maximum Gasteiger partial charge on any atom is 0.131 e. The molecule has 0 aliphatic heterocycles. The van der Waals surface area contributed by atoms with E-state index < -0.39 is 5.54 Å². The molecule has 0 amide bonds. The maximum absolute atomic E-state index is 14.3. The zero-order valence-corrected chi connectivity index (χ0v) is 11.7. The highest BCUT2D eigenvalue weighted by atomic mass is 19.1. The van der Waals surface area contributed by atoms with Gasteiger partial charge in [0.1, 0.15) is 11.6 Å². The minimum atomic E-state index is -0.545. The number of benzene rings is 1. The molecule has 0 radical (unpaired) electrons. The molecular weight excluding hydrogens is 245 g/mol. The molecule has 1 aliphatic rings. The average molecular weight is 267 g/mol. The lowest BCUT2D eigenvalue weighted by Gasteiger charge is -2.34. The Bertz CT molecular complexity index is 442. The Balaban J connectivity index is 2.41. The number of ether oxygens (including phenoxy) is 2. The fourth-order valence-electron chi connectivity index (χ4n) is 2.89. The molecular formula is C15H22FNO2. The molecule has 106 valence electrons. The Kier molecular flexibility index (Phi) is 4.42. The summed E-state index contributed by atoms with van der Waals surface area (Å²) in [5.74, 6) is 0.239. The Labute approximate surface area is 113 Å². The van der Waals surface area contributed by atoms with Crippen molar-refractivity contribution in [2.24, 2.45) is 5.73 Å². The second kappa shape index (κ2) is 5.88. The van der Waals surface area contributed by atoms with Gasteiger partial charge in [0, 0.05) is 29.8 Å². The van der Waals surface area contributed by atoms with Gasteiger partial charge in [-0.3, -0.25) is 0 Å². The second-order valence-corrected chi connectivity index (χ2v) is 5.29. The number of hydrogen-bond donors (Lipinski definition) is 1. The van der Waals surface area contributed by atoms with E-state index in [9.17, 15) is 4.39 Å². The molecule has 0 atom stereocenters. The van der Waals surface area contributed by atoms with Gasteiger partial charge < -0.3 is 15.2 Å². The molecule has 0 saturated heterocycles. The SMILES string of the molecule is COCc1cc(C2(N)CCCCC2)c(F)cc1OC. The van der Waals surface area contributed by atoms with Crippen molar-refractivity contribution < 1.29 is 13.9 Å². The van der Waals surface area contributed by atoms with Crippen LogP contribution in [-0.4, -0.2) is 14.2 Å². The van der Waals surface area contributed by atoms with E-state index in [0.29, 0.717) is 17.9 Å². The highest BCUT2D eigenvalue weighted by molar-refractivity contribution is 5.41. The Morgan fingerprint density at radius 2 is 1.89 bits per heavy atom. The van der Waals surface area contributed by atoms with Gasteiger partial charge in [0.25, 0.3) is 0 Å². The van der Waals surface area contributed by atoms with Crippen molar-refractivity contribution in [2.75, 3.05) is 14.2 Å². The second-order valence-electron chi connectivity index (χ2n) is 5.29. The quantitative estimate of drug-likeness (QED) is 0.911. The van der Waals surface area contributed by atoms with E-state index in [0.717, 1.165) is 31.2 Å². The van der Waals surface area contributed by atoms with E-state index >= 15 is 0 Å². The number of nitrogens with two attached hydrogens (primary N) is 1. The lowest BCUT2D eigenvalue weighted by Crippen LogP contribution is -2.39. The molecule has 0 heterocycles. The topological polar surface area (TPSA) is 44.5 Å². The summed E-state index contributed by atoms with van der Waals surface area (Å²) >= 11 is 0. The molecule has 4 heteroatoms. The van der Waals surface area contributed by atoms with Crippen LogP contribution in [0.3, 0.4) is 0 Å². The highest BCUT2D eigenvalue weighted by Gasteiger charge is 2.32. The van der Waals surface area contributed by atoms with Gasteiger partial charge in [-0.2, -0.15) is 0 Å². The number of hydrogen-bond acceptors (Lipinski definition) is 3. The third-order valence-electron chi connectivity index (χ3n) is 3.95. The van der Waals surface area contributed by atoms with E-state index in [-0.39, 0.29) is 5.82 Å². The summed E-state index contributed by atoms with van der Waals surface area (Å²) < 4.78 is 24.6. The van der Waals surface area contributed by atoms with Crippen LogP contribution in [0.4, 0.5) is 4.39 Å². The smallest absolute Gasteiger partial charge is 0.131 e. The Morgan fingerprint density at radius 3 is 2.47 bits per heavy atom. The number of rotatable bonds is 4. The third-order valence-corrected chi connectivity index (χ3v) is 3.95. The largest absolute Gasteiger partial charge is 0.496 e. The van der Waals surface area contributed by atoms with E-state index in [1.807, 2.05) is 6.07 Å². The summed E-state index contributed by atoms with van der Waals surface area (Å²) in [6.07, 6.45) is 4.97. The molecule has 19 heavy (non-hydrogen) atoms. The van der Waals surface area contributed by atoms with E-state index in [1.165, 1.54) is 19.6 Å². The molecule has 2 rings (SSSR count). The van der Waals surface area contributed by atoms with Crippen molar-refractivity contribution in [2.45, 2.75) is 44.2 Å². The molecule has 2 N–H and O–H groups in total. The van der Waals surface area contributed by atoms with Crippen LogP contribution >= 0.6 is 0 Å². The van der Waals surface area contributed by atoms with Crippen molar-refractivity contribution >= 4 is 0 Å². The van der Waals surface area contributed by atoms with E-state index in [1.54, 1.807) is 7.11 Å². The predicted molar refractivity (Wildman–Crippen MR) is 72.6 cm³/mol. The van der Waals surface area contributed by atoms with Crippen LogP contribution in [0.15, 0.2) is 12.1 Å². The van der Waals surface area contributed by atoms with Crippen LogP contribution in [-0.2, 0) is 16.9 Å². The highest BCUT2D eigenvalue weighted by Crippen LogP contribution is 2.38. The van der Waals surface area contributed by atoms with Crippen molar-refractivity contribution in [3.05, 3.63) is 29.1 Å².